The van der Waals surface area contributed by atoms with Crippen LogP contribution in [0.1, 0.15) is 50.4 Å². The van der Waals surface area contributed by atoms with Crippen molar-refractivity contribution >= 4 is 11.7 Å². The zero-order valence-corrected chi connectivity index (χ0v) is 13.9. The second-order valence-electron chi connectivity index (χ2n) is 7.32. The standard InChI is InChI=1S/C18H28N2O2/c1-13-10-16(12-18(2,3)11-13)20-8-9-22-17(21)14-4-6-15(19)7-5-14/h4-7,13,16,20H,8-12,19H2,1-3H3. The van der Waals surface area contributed by atoms with E-state index in [1.165, 1.54) is 19.3 Å². The van der Waals surface area contributed by atoms with Crippen molar-refractivity contribution in [1.29, 1.82) is 0 Å². The van der Waals surface area contributed by atoms with Crippen molar-refractivity contribution in [3.05, 3.63) is 29.8 Å². The molecule has 0 heterocycles. The molecular formula is C18H28N2O2. The summed E-state index contributed by atoms with van der Waals surface area (Å²) in [5.41, 5.74) is 7.19. The smallest absolute Gasteiger partial charge is 0.338 e. The van der Waals surface area contributed by atoms with Crippen LogP contribution in [0.2, 0.25) is 0 Å². The summed E-state index contributed by atoms with van der Waals surface area (Å²) >= 11 is 0. The van der Waals surface area contributed by atoms with Gasteiger partial charge in [-0.1, -0.05) is 20.8 Å². The van der Waals surface area contributed by atoms with Crippen LogP contribution in [0.5, 0.6) is 0 Å². The fourth-order valence-electron chi connectivity index (χ4n) is 3.61. The number of hydrogen-bond donors (Lipinski definition) is 2. The molecule has 2 atom stereocenters. The van der Waals surface area contributed by atoms with E-state index in [0.717, 1.165) is 5.92 Å². The molecule has 1 aromatic carbocycles. The monoisotopic (exact) mass is 304 g/mol. The van der Waals surface area contributed by atoms with E-state index in [1.54, 1.807) is 24.3 Å². The van der Waals surface area contributed by atoms with E-state index in [9.17, 15) is 4.79 Å². The molecule has 0 aliphatic heterocycles. The Labute approximate surface area is 133 Å². The van der Waals surface area contributed by atoms with Gasteiger partial charge in [-0.2, -0.15) is 0 Å². The van der Waals surface area contributed by atoms with Crippen LogP contribution in [0.25, 0.3) is 0 Å². The lowest BCUT2D eigenvalue weighted by molar-refractivity contribution is 0.0497. The van der Waals surface area contributed by atoms with Crippen molar-refractivity contribution in [3.8, 4) is 0 Å². The minimum Gasteiger partial charge on any atom is -0.461 e. The predicted molar refractivity (Wildman–Crippen MR) is 89.7 cm³/mol. The molecule has 1 saturated carbocycles. The number of esters is 1. The minimum absolute atomic E-state index is 0.292. The van der Waals surface area contributed by atoms with Crippen molar-refractivity contribution in [3.63, 3.8) is 0 Å². The number of benzene rings is 1. The summed E-state index contributed by atoms with van der Waals surface area (Å²) in [7, 11) is 0. The fraction of sp³-hybridized carbons (Fsp3) is 0.611. The molecular weight excluding hydrogens is 276 g/mol. The van der Waals surface area contributed by atoms with Crippen LogP contribution in [-0.4, -0.2) is 25.2 Å². The quantitative estimate of drug-likeness (QED) is 0.498. The molecule has 2 unspecified atom stereocenters. The van der Waals surface area contributed by atoms with Crippen LogP contribution in [0.4, 0.5) is 5.69 Å². The lowest BCUT2D eigenvalue weighted by Crippen LogP contribution is -2.41. The molecule has 0 radical (unpaired) electrons. The molecule has 1 fully saturated rings. The first-order chi connectivity index (χ1) is 10.4. The van der Waals surface area contributed by atoms with Gasteiger partial charge in [-0.05, 0) is 54.9 Å². The molecule has 1 aromatic rings. The van der Waals surface area contributed by atoms with E-state index >= 15 is 0 Å². The van der Waals surface area contributed by atoms with Crippen molar-refractivity contribution < 1.29 is 9.53 Å². The van der Waals surface area contributed by atoms with E-state index in [-0.39, 0.29) is 5.97 Å². The van der Waals surface area contributed by atoms with Crippen LogP contribution in [0, 0.1) is 11.3 Å². The number of hydrogen-bond acceptors (Lipinski definition) is 4. The number of ether oxygens (including phenoxy) is 1. The van der Waals surface area contributed by atoms with Crippen LogP contribution < -0.4 is 11.1 Å². The molecule has 4 nitrogen and oxygen atoms in total. The number of carbonyl (C=O) groups excluding carboxylic acids is 1. The summed E-state index contributed by atoms with van der Waals surface area (Å²) < 4.78 is 5.30. The summed E-state index contributed by atoms with van der Waals surface area (Å²) in [6.45, 7) is 8.08. The number of rotatable bonds is 5. The van der Waals surface area contributed by atoms with Gasteiger partial charge in [0.05, 0.1) is 5.56 Å². The van der Waals surface area contributed by atoms with Gasteiger partial charge in [-0.3, -0.25) is 0 Å². The van der Waals surface area contributed by atoms with Gasteiger partial charge in [0, 0.05) is 18.3 Å². The fourth-order valence-corrected chi connectivity index (χ4v) is 3.61. The average Bonchev–Trinajstić information content (AvgIpc) is 2.42. The molecule has 0 bridgehead atoms. The van der Waals surface area contributed by atoms with Crippen molar-refractivity contribution in [2.45, 2.75) is 46.1 Å². The third-order valence-corrected chi connectivity index (χ3v) is 4.30. The highest BCUT2D eigenvalue weighted by Crippen LogP contribution is 2.38. The van der Waals surface area contributed by atoms with Crippen LogP contribution in [-0.2, 0) is 4.74 Å². The van der Waals surface area contributed by atoms with Crippen molar-refractivity contribution in [2.75, 3.05) is 18.9 Å². The van der Waals surface area contributed by atoms with E-state index < -0.39 is 0 Å². The summed E-state index contributed by atoms with van der Waals surface area (Å²) in [4.78, 5) is 11.9. The molecule has 1 aliphatic carbocycles. The van der Waals surface area contributed by atoms with Gasteiger partial charge in [-0.25, -0.2) is 4.79 Å². The van der Waals surface area contributed by atoms with E-state index in [1.807, 2.05) is 0 Å². The number of nitrogen functional groups attached to an aromatic ring is 1. The highest BCUT2D eigenvalue weighted by Gasteiger charge is 2.31. The summed E-state index contributed by atoms with van der Waals surface area (Å²) in [5, 5.41) is 3.53. The first kappa shape index (κ1) is 16.8. The number of nitrogens with one attached hydrogen (secondary N) is 1. The van der Waals surface area contributed by atoms with Crippen molar-refractivity contribution in [2.24, 2.45) is 11.3 Å². The SMILES string of the molecule is CC1CC(NCCOC(=O)c2ccc(N)cc2)CC(C)(C)C1. The topological polar surface area (TPSA) is 64.3 Å². The van der Waals surface area contributed by atoms with Gasteiger partial charge in [0.25, 0.3) is 0 Å². The molecule has 0 spiro atoms. The molecule has 1 aliphatic rings. The molecule has 0 amide bonds. The Kier molecular flexibility index (Phi) is 5.46. The average molecular weight is 304 g/mol. The lowest BCUT2D eigenvalue weighted by atomic mass is 9.70. The Morgan fingerprint density at radius 1 is 1.32 bits per heavy atom. The normalized spacial score (nSPS) is 24.0. The van der Waals surface area contributed by atoms with Gasteiger partial charge in [0.1, 0.15) is 6.61 Å². The summed E-state index contributed by atoms with van der Waals surface area (Å²) in [5.74, 6) is 0.456. The molecule has 22 heavy (non-hydrogen) atoms. The molecule has 0 saturated heterocycles. The molecule has 0 aromatic heterocycles. The first-order valence-corrected chi connectivity index (χ1v) is 8.12. The van der Waals surface area contributed by atoms with Gasteiger partial charge in [0.2, 0.25) is 0 Å². The Morgan fingerprint density at radius 3 is 2.64 bits per heavy atom. The largest absolute Gasteiger partial charge is 0.461 e. The number of nitrogens with two attached hydrogens (primary N) is 1. The maximum Gasteiger partial charge on any atom is 0.338 e. The number of anilines is 1. The third kappa shape index (κ3) is 5.02. The third-order valence-electron chi connectivity index (χ3n) is 4.30. The Balaban J connectivity index is 1.70. The first-order valence-electron chi connectivity index (χ1n) is 8.12. The minimum atomic E-state index is -0.292. The zero-order valence-electron chi connectivity index (χ0n) is 13.9. The highest BCUT2D eigenvalue weighted by molar-refractivity contribution is 5.89. The number of carbonyl (C=O) groups is 1. The van der Waals surface area contributed by atoms with Gasteiger partial charge >= 0.3 is 5.97 Å². The Hall–Kier alpha value is -1.55. The summed E-state index contributed by atoms with van der Waals surface area (Å²) in [6, 6.07) is 7.32. The highest BCUT2D eigenvalue weighted by atomic mass is 16.5. The van der Waals surface area contributed by atoms with Gasteiger partial charge in [0.15, 0.2) is 0 Å². The Morgan fingerprint density at radius 2 is 2.00 bits per heavy atom. The van der Waals surface area contributed by atoms with E-state index in [0.29, 0.717) is 35.9 Å². The van der Waals surface area contributed by atoms with Crippen LogP contribution in [0.15, 0.2) is 24.3 Å². The van der Waals surface area contributed by atoms with E-state index in [2.05, 4.69) is 26.1 Å². The molecule has 3 N–H and O–H groups in total. The second kappa shape index (κ2) is 7.14. The Bertz CT molecular complexity index is 496. The van der Waals surface area contributed by atoms with Gasteiger partial charge < -0.3 is 15.8 Å². The molecule has 122 valence electrons. The lowest BCUT2D eigenvalue weighted by Gasteiger charge is -2.39. The molecule has 4 heteroatoms. The van der Waals surface area contributed by atoms with Crippen LogP contribution >= 0.6 is 0 Å². The van der Waals surface area contributed by atoms with Gasteiger partial charge in [-0.15, -0.1) is 0 Å². The predicted octanol–water partition coefficient (Wildman–Crippen LogP) is 3.23. The zero-order chi connectivity index (χ0) is 16.2. The molecule has 2 rings (SSSR count). The van der Waals surface area contributed by atoms with Crippen LogP contribution in [0.3, 0.4) is 0 Å². The van der Waals surface area contributed by atoms with Crippen molar-refractivity contribution in [1.82, 2.24) is 5.32 Å². The maximum absolute atomic E-state index is 11.9. The second-order valence-corrected chi connectivity index (χ2v) is 7.32. The maximum atomic E-state index is 11.9. The summed E-state index contributed by atoms with van der Waals surface area (Å²) in [6.07, 6.45) is 3.68. The van der Waals surface area contributed by atoms with E-state index in [4.69, 9.17) is 10.5 Å².